The van der Waals surface area contributed by atoms with Crippen molar-refractivity contribution in [1.29, 1.82) is 0 Å². The summed E-state index contributed by atoms with van der Waals surface area (Å²) < 4.78 is 50.7. The molecule has 0 saturated heterocycles. The van der Waals surface area contributed by atoms with E-state index in [9.17, 15) is 17.6 Å². The highest BCUT2D eigenvalue weighted by atomic mass is 19.4. The van der Waals surface area contributed by atoms with Crippen molar-refractivity contribution in [3.63, 3.8) is 0 Å². The van der Waals surface area contributed by atoms with Crippen LogP contribution in [0.15, 0.2) is 12.3 Å². The molecule has 3 nitrogen and oxygen atoms in total. The molecule has 0 aromatic carbocycles. The minimum absolute atomic E-state index is 0.424. The summed E-state index contributed by atoms with van der Waals surface area (Å²) in [5.74, 6) is -1.31. The average Bonchev–Trinajstić information content (AvgIpc) is 2.06. The molecule has 7 heteroatoms. The Hall–Kier alpha value is -1.53. The van der Waals surface area contributed by atoms with Crippen molar-refractivity contribution in [2.75, 3.05) is 0 Å². The van der Waals surface area contributed by atoms with Crippen LogP contribution >= 0.6 is 0 Å². The lowest BCUT2D eigenvalue weighted by molar-refractivity contribution is -0.276. The summed E-state index contributed by atoms with van der Waals surface area (Å²) in [5.41, 5.74) is -0.456. The predicted octanol–water partition coefficient (Wildman–Crippen LogP) is 2.16. The van der Waals surface area contributed by atoms with Crippen molar-refractivity contribution in [3.8, 4) is 11.6 Å². The fourth-order valence-corrected chi connectivity index (χ4v) is 0.782. The largest absolute Gasteiger partial charge is 0.574 e. The highest BCUT2D eigenvalue weighted by molar-refractivity contribution is 5.32. The summed E-state index contributed by atoms with van der Waals surface area (Å²) in [6, 6.07) is 0.814. The molecule has 1 heterocycles. The third-order valence-electron chi connectivity index (χ3n) is 1.27. The van der Waals surface area contributed by atoms with Crippen molar-refractivity contribution in [3.05, 3.63) is 17.8 Å². The van der Waals surface area contributed by atoms with Gasteiger partial charge >= 0.3 is 6.36 Å². The number of ether oxygens (including phenoxy) is 1. The molecule has 0 aliphatic heterocycles. The number of nitrogens with zero attached hydrogens (tertiary/aromatic N) is 1. The van der Waals surface area contributed by atoms with Gasteiger partial charge in [0.05, 0.1) is 6.20 Å². The van der Waals surface area contributed by atoms with Gasteiger partial charge in [0.25, 0.3) is 0 Å². The van der Waals surface area contributed by atoms with Crippen molar-refractivity contribution >= 4 is 0 Å². The highest BCUT2D eigenvalue weighted by Gasteiger charge is 2.32. The van der Waals surface area contributed by atoms with Crippen LogP contribution in [0, 0.1) is 0 Å². The van der Waals surface area contributed by atoms with Gasteiger partial charge in [0.2, 0.25) is 5.88 Å². The molecule has 0 fully saturated rings. The van der Waals surface area contributed by atoms with Crippen LogP contribution in [-0.4, -0.2) is 16.5 Å². The predicted molar refractivity (Wildman–Crippen MR) is 37.4 cm³/mol. The summed E-state index contributed by atoms with van der Waals surface area (Å²) in [6.07, 6.45) is -4.19. The molecule has 1 aromatic heterocycles. The summed E-state index contributed by atoms with van der Waals surface area (Å²) in [5, 5.41) is 8.80. The smallest absolute Gasteiger partial charge is 0.506 e. The zero-order valence-corrected chi connectivity index (χ0v) is 6.68. The van der Waals surface area contributed by atoms with Crippen molar-refractivity contribution < 1.29 is 27.4 Å². The van der Waals surface area contributed by atoms with E-state index in [0.29, 0.717) is 0 Å². The first-order chi connectivity index (χ1) is 6.42. The van der Waals surface area contributed by atoms with Crippen LogP contribution in [0.2, 0.25) is 0 Å². The lowest BCUT2D eigenvalue weighted by Gasteiger charge is -2.10. The molecule has 1 aromatic rings. The lowest BCUT2D eigenvalue weighted by atomic mass is 10.3. The Bertz CT molecular complexity index is 326. The monoisotopic (exact) mass is 211 g/mol. The number of rotatable bonds is 2. The Morgan fingerprint density at radius 3 is 2.57 bits per heavy atom. The topological polar surface area (TPSA) is 42.4 Å². The number of hydrogen-bond acceptors (Lipinski definition) is 3. The molecule has 0 radical (unpaired) electrons. The van der Waals surface area contributed by atoms with Crippen molar-refractivity contribution in [2.24, 2.45) is 0 Å². The molecular weight excluding hydrogens is 206 g/mol. The Kier molecular flexibility index (Phi) is 2.78. The molecule has 1 N–H and O–H groups in total. The van der Waals surface area contributed by atoms with E-state index in [1.807, 2.05) is 0 Å². The van der Waals surface area contributed by atoms with E-state index in [2.05, 4.69) is 9.72 Å². The van der Waals surface area contributed by atoms with Gasteiger partial charge in [0, 0.05) is 5.56 Å². The Labute approximate surface area is 76.0 Å². The minimum atomic E-state index is -4.92. The standard InChI is InChI=1S/C7H5F4NO2/c8-2-4-1-5(13)3-12-6(4)14-7(9,10)11/h1,3,13H,2H2. The van der Waals surface area contributed by atoms with Gasteiger partial charge in [-0.15, -0.1) is 13.2 Å². The SMILES string of the molecule is Oc1cnc(OC(F)(F)F)c(CF)c1. The van der Waals surface area contributed by atoms with Gasteiger partial charge in [-0.25, -0.2) is 9.37 Å². The summed E-state index contributed by atoms with van der Waals surface area (Å²) in [6.45, 7) is -1.20. The van der Waals surface area contributed by atoms with Gasteiger partial charge in [-0.3, -0.25) is 0 Å². The summed E-state index contributed by atoms with van der Waals surface area (Å²) >= 11 is 0. The number of alkyl halides is 4. The first-order valence-electron chi connectivity index (χ1n) is 3.42. The zero-order chi connectivity index (χ0) is 10.8. The van der Waals surface area contributed by atoms with Crippen LogP contribution in [0.3, 0.4) is 0 Å². The molecule has 0 saturated carbocycles. The molecule has 14 heavy (non-hydrogen) atoms. The average molecular weight is 211 g/mol. The summed E-state index contributed by atoms with van der Waals surface area (Å²) in [4.78, 5) is 3.10. The van der Waals surface area contributed by atoms with Gasteiger partial charge in [-0.05, 0) is 6.07 Å². The van der Waals surface area contributed by atoms with Crippen LogP contribution in [0.5, 0.6) is 11.6 Å². The molecule has 0 aliphatic carbocycles. The number of aromatic nitrogens is 1. The second kappa shape index (κ2) is 3.69. The number of halogens is 4. The molecule has 0 bridgehead atoms. The highest BCUT2D eigenvalue weighted by Crippen LogP contribution is 2.26. The molecular formula is C7H5F4NO2. The Balaban J connectivity index is 2.97. The first-order valence-corrected chi connectivity index (χ1v) is 3.42. The quantitative estimate of drug-likeness (QED) is 0.762. The van der Waals surface area contributed by atoms with Gasteiger partial charge in [-0.1, -0.05) is 0 Å². The van der Waals surface area contributed by atoms with Gasteiger partial charge < -0.3 is 9.84 Å². The van der Waals surface area contributed by atoms with Crippen LogP contribution in [0.25, 0.3) is 0 Å². The van der Waals surface area contributed by atoms with Gasteiger partial charge in [0.1, 0.15) is 12.4 Å². The Morgan fingerprint density at radius 1 is 1.43 bits per heavy atom. The van der Waals surface area contributed by atoms with Crippen molar-refractivity contribution in [1.82, 2.24) is 4.98 Å². The number of hydrogen-bond donors (Lipinski definition) is 1. The Morgan fingerprint density at radius 2 is 2.07 bits per heavy atom. The van der Waals surface area contributed by atoms with Gasteiger partial charge in [-0.2, -0.15) is 0 Å². The van der Waals surface area contributed by atoms with Crippen molar-refractivity contribution in [2.45, 2.75) is 13.0 Å². The van der Waals surface area contributed by atoms with E-state index in [0.717, 1.165) is 12.3 Å². The lowest BCUT2D eigenvalue weighted by Crippen LogP contribution is -2.18. The van der Waals surface area contributed by atoms with E-state index < -0.39 is 30.2 Å². The van der Waals surface area contributed by atoms with E-state index in [4.69, 9.17) is 5.11 Å². The molecule has 0 spiro atoms. The summed E-state index contributed by atoms with van der Waals surface area (Å²) in [7, 11) is 0. The van der Waals surface area contributed by atoms with E-state index in [1.54, 1.807) is 0 Å². The molecule has 78 valence electrons. The van der Waals surface area contributed by atoms with E-state index in [1.165, 1.54) is 0 Å². The number of aromatic hydroxyl groups is 1. The van der Waals surface area contributed by atoms with Crippen LogP contribution in [-0.2, 0) is 6.67 Å². The molecule has 0 unspecified atom stereocenters. The molecule has 0 aliphatic rings. The second-order valence-electron chi connectivity index (χ2n) is 2.34. The van der Waals surface area contributed by atoms with Crippen LogP contribution in [0.4, 0.5) is 17.6 Å². The maximum atomic E-state index is 12.1. The maximum absolute atomic E-state index is 12.1. The minimum Gasteiger partial charge on any atom is -0.506 e. The van der Waals surface area contributed by atoms with Crippen LogP contribution in [0.1, 0.15) is 5.56 Å². The second-order valence-corrected chi connectivity index (χ2v) is 2.34. The third-order valence-corrected chi connectivity index (χ3v) is 1.27. The molecule has 0 atom stereocenters. The number of pyridine rings is 1. The van der Waals surface area contributed by atoms with E-state index in [-0.39, 0.29) is 0 Å². The van der Waals surface area contributed by atoms with Gasteiger partial charge in [0.15, 0.2) is 0 Å². The fourth-order valence-electron chi connectivity index (χ4n) is 0.782. The molecule has 0 amide bonds. The molecule has 1 rings (SSSR count). The fraction of sp³-hybridized carbons (Fsp3) is 0.286. The zero-order valence-electron chi connectivity index (χ0n) is 6.68. The first kappa shape index (κ1) is 10.6. The third kappa shape index (κ3) is 2.75. The maximum Gasteiger partial charge on any atom is 0.574 e. The normalized spacial score (nSPS) is 11.4. The van der Waals surface area contributed by atoms with E-state index >= 15 is 0 Å². The van der Waals surface area contributed by atoms with Crippen LogP contribution < -0.4 is 4.74 Å².